The van der Waals surface area contributed by atoms with E-state index in [-0.39, 0.29) is 6.79 Å². The zero-order chi connectivity index (χ0) is 13.1. The van der Waals surface area contributed by atoms with Gasteiger partial charge in [-0.15, -0.1) is 0 Å². The van der Waals surface area contributed by atoms with Gasteiger partial charge in [-0.1, -0.05) is 20.3 Å². The van der Waals surface area contributed by atoms with E-state index in [9.17, 15) is 5.11 Å². The van der Waals surface area contributed by atoms with E-state index < -0.39 is 6.10 Å². The Morgan fingerprint density at radius 1 is 1.39 bits per heavy atom. The lowest BCUT2D eigenvalue weighted by Crippen LogP contribution is -2.04. The van der Waals surface area contributed by atoms with Gasteiger partial charge in [0, 0.05) is 0 Å². The van der Waals surface area contributed by atoms with Crippen molar-refractivity contribution in [2.75, 3.05) is 13.9 Å². The molecule has 0 aliphatic carbocycles. The number of fused-ring (bicyclic) bond motifs is 1. The minimum absolute atomic E-state index is 0.205. The van der Waals surface area contributed by atoms with Crippen molar-refractivity contribution in [2.24, 2.45) is 5.92 Å². The molecule has 4 heteroatoms. The van der Waals surface area contributed by atoms with E-state index >= 15 is 0 Å². The summed E-state index contributed by atoms with van der Waals surface area (Å²) in [6.07, 6.45) is 1.29. The van der Waals surface area contributed by atoms with Crippen LogP contribution in [-0.4, -0.2) is 19.0 Å². The first-order valence-corrected chi connectivity index (χ1v) is 6.31. The number of rotatable bonds is 5. The van der Waals surface area contributed by atoms with Crippen molar-refractivity contribution in [1.29, 1.82) is 0 Å². The van der Waals surface area contributed by atoms with Crippen LogP contribution >= 0.6 is 0 Å². The lowest BCUT2D eigenvalue weighted by molar-refractivity contribution is 0.145. The second kappa shape index (κ2) is 5.48. The number of aliphatic hydroxyl groups excluding tert-OH is 1. The normalized spacial score (nSPS) is 16.4. The quantitative estimate of drug-likeness (QED) is 0.875. The molecule has 0 spiro atoms. The van der Waals surface area contributed by atoms with Crippen LogP contribution in [-0.2, 0) is 0 Å². The Morgan fingerprint density at radius 3 is 2.83 bits per heavy atom. The molecular formula is C14H20O4. The number of benzene rings is 1. The largest absolute Gasteiger partial charge is 0.493 e. The highest BCUT2D eigenvalue weighted by Gasteiger charge is 2.22. The fraction of sp³-hybridized carbons (Fsp3) is 0.571. The summed E-state index contributed by atoms with van der Waals surface area (Å²) in [7, 11) is 1.59. The summed E-state index contributed by atoms with van der Waals surface area (Å²) in [5.41, 5.74) is 0.816. The van der Waals surface area contributed by atoms with E-state index in [2.05, 4.69) is 13.8 Å². The summed E-state index contributed by atoms with van der Waals surface area (Å²) in [6, 6.07) is 3.65. The van der Waals surface area contributed by atoms with Gasteiger partial charge in [-0.25, -0.2) is 0 Å². The first kappa shape index (κ1) is 13.0. The maximum atomic E-state index is 10.2. The Balaban J connectivity index is 2.23. The number of methoxy groups -OCH3 is 1. The van der Waals surface area contributed by atoms with Gasteiger partial charge < -0.3 is 19.3 Å². The van der Waals surface area contributed by atoms with Crippen molar-refractivity contribution >= 4 is 0 Å². The molecular weight excluding hydrogens is 232 g/mol. The van der Waals surface area contributed by atoms with Gasteiger partial charge in [-0.2, -0.15) is 0 Å². The van der Waals surface area contributed by atoms with Gasteiger partial charge in [-0.3, -0.25) is 0 Å². The van der Waals surface area contributed by atoms with Gasteiger partial charge in [0.2, 0.25) is 12.5 Å². The molecule has 0 saturated heterocycles. The molecule has 100 valence electrons. The molecule has 1 aliphatic rings. The maximum Gasteiger partial charge on any atom is 0.231 e. The Morgan fingerprint density at radius 2 is 2.17 bits per heavy atom. The van der Waals surface area contributed by atoms with Crippen LogP contribution in [0.2, 0.25) is 0 Å². The third kappa shape index (κ3) is 2.53. The first-order chi connectivity index (χ1) is 8.65. The van der Waals surface area contributed by atoms with Crippen LogP contribution in [0.1, 0.15) is 38.4 Å². The predicted octanol–water partition coefficient (Wildman–Crippen LogP) is 2.89. The zero-order valence-corrected chi connectivity index (χ0v) is 11.1. The highest BCUT2D eigenvalue weighted by molar-refractivity contribution is 5.55. The molecule has 1 heterocycles. The molecule has 2 atom stereocenters. The minimum Gasteiger partial charge on any atom is -0.493 e. The number of aliphatic hydroxyl groups is 1. The van der Waals surface area contributed by atoms with Crippen molar-refractivity contribution in [3.63, 3.8) is 0 Å². The third-order valence-electron chi connectivity index (χ3n) is 3.39. The summed E-state index contributed by atoms with van der Waals surface area (Å²) >= 11 is 0. The third-order valence-corrected chi connectivity index (χ3v) is 3.39. The van der Waals surface area contributed by atoms with Gasteiger partial charge in [-0.05, 0) is 30.0 Å². The fourth-order valence-electron chi connectivity index (χ4n) is 2.03. The molecule has 4 nitrogen and oxygen atoms in total. The van der Waals surface area contributed by atoms with Crippen LogP contribution in [0.25, 0.3) is 0 Å². The van der Waals surface area contributed by atoms with Crippen LogP contribution in [0.3, 0.4) is 0 Å². The Hall–Kier alpha value is -1.42. The van der Waals surface area contributed by atoms with Crippen LogP contribution < -0.4 is 14.2 Å². The molecule has 0 amide bonds. The Bertz CT molecular complexity index is 417. The maximum absolute atomic E-state index is 10.2. The summed E-state index contributed by atoms with van der Waals surface area (Å²) in [5.74, 6) is 2.36. The summed E-state index contributed by atoms with van der Waals surface area (Å²) in [6.45, 7) is 4.46. The Labute approximate surface area is 107 Å². The van der Waals surface area contributed by atoms with E-state index in [1.165, 1.54) is 0 Å². The Kier molecular flexibility index (Phi) is 3.97. The highest BCUT2D eigenvalue weighted by atomic mass is 16.7. The topological polar surface area (TPSA) is 47.9 Å². The molecule has 0 bridgehead atoms. The SMILES string of the molecule is CCC(C)CC(O)c1cc(OC)c2c(c1)OCO2. The van der Waals surface area contributed by atoms with Crippen molar-refractivity contribution in [3.8, 4) is 17.2 Å². The second-order valence-electron chi connectivity index (χ2n) is 4.72. The highest BCUT2D eigenvalue weighted by Crippen LogP contribution is 2.43. The van der Waals surface area contributed by atoms with Gasteiger partial charge in [0.1, 0.15) is 0 Å². The molecule has 0 radical (unpaired) electrons. The van der Waals surface area contributed by atoms with Crippen molar-refractivity contribution < 1.29 is 19.3 Å². The van der Waals surface area contributed by atoms with Crippen molar-refractivity contribution in [1.82, 2.24) is 0 Å². The van der Waals surface area contributed by atoms with Crippen LogP contribution in [0, 0.1) is 5.92 Å². The molecule has 2 rings (SSSR count). The molecule has 1 N–H and O–H groups in total. The molecule has 2 unspecified atom stereocenters. The smallest absolute Gasteiger partial charge is 0.231 e. The number of hydrogen-bond acceptors (Lipinski definition) is 4. The van der Waals surface area contributed by atoms with Crippen LogP contribution in [0.5, 0.6) is 17.2 Å². The fourth-order valence-corrected chi connectivity index (χ4v) is 2.03. The van der Waals surface area contributed by atoms with Gasteiger partial charge in [0.25, 0.3) is 0 Å². The predicted molar refractivity (Wildman–Crippen MR) is 68.1 cm³/mol. The van der Waals surface area contributed by atoms with Crippen LogP contribution in [0.4, 0.5) is 0 Å². The van der Waals surface area contributed by atoms with E-state index in [0.29, 0.717) is 23.2 Å². The standard InChI is InChI=1S/C14H20O4/c1-4-9(2)5-11(15)10-6-12(16-3)14-13(7-10)17-8-18-14/h6-7,9,11,15H,4-5,8H2,1-3H3. The number of ether oxygens (including phenoxy) is 3. The van der Waals surface area contributed by atoms with E-state index in [0.717, 1.165) is 18.4 Å². The summed E-state index contributed by atoms with van der Waals surface area (Å²) in [4.78, 5) is 0. The minimum atomic E-state index is -0.497. The van der Waals surface area contributed by atoms with Crippen molar-refractivity contribution in [2.45, 2.75) is 32.8 Å². The first-order valence-electron chi connectivity index (χ1n) is 6.31. The molecule has 0 saturated carbocycles. The molecule has 1 aliphatic heterocycles. The summed E-state index contributed by atoms with van der Waals surface area (Å²) < 4.78 is 15.9. The molecule has 18 heavy (non-hydrogen) atoms. The monoisotopic (exact) mass is 252 g/mol. The van der Waals surface area contributed by atoms with Gasteiger partial charge in [0.15, 0.2) is 11.5 Å². The molecule has 1 aromatic carbocycles. The van der Waals surface area contributed by atoms with E-state index in [1.807, 2.05) is 12.1 Å². The second-order valence-corrected chi connectivity index (χ2v) is 4.72. The average Bonchev–Trinajstić information content (AvgIpc) is 2.85. The molecule has 1 aromatic rings. The van der Waals surface area contributed by atoms with Gasteiger partial charge >= 0.3 is 0 Å². The summed E-state index contributed by atoms with van der Waals surface area (Å²) in [5, 5.41) is 10.2. The van der Waals surface area contributed by atoms with E-state index in [4.69, 9.17) is 14.2 Å². The molecule has 0 fully saturated rings. The van der Waals surface area contributed by atoms with Crippen molar-refractivity contribution in [3.05, 3.63) is 17.7 Å². The van der Waals surface area contributed by atoms with Crippen LogP contribution in [0.15, 0.2) is 12.1 Å². The lowest BCUT2D eigenvalue weighted by atomic mass is 9.96. The molecule has 0 aromatic heterocycles. The zero-order valence-electron chi connectivity index (χ0n) is 11.1. The van der Waals surface area contributed by atoms with E-state index in [1.54, 1.807) is 7.11 Å². The average molecular weight is 252 g/mol. The lowest BCUT2D eigenvalue weighted by Gasteiger charge is -2.16. The number of hydrogen-bond donors (Lipinski definition) is 1. The van der Waals surface area contributed by atoms with Gasteiger partial charge in [0.05, 0.1) is 13.2 Å².